The van der Waals surface area contributed by atoms with E-state index in [2.05, 4.69) is 71.2 Å². The number of thioether (sulfide) groups is 1. The van der Waals surface area contributed by atoms with E-state index in [1.54, 1.807) is 83.1 Å². The van der Waals surface area contributed by atoms with Gasteiger partial charge in [-0.25, -0.2) is 0 Å². The zero-order chi connectivity index (χ0) is 91.7. The number of morpholine rings is 1. The Morgan fingerprint density at radius 2 is 0.876 bits per heavy atom. The van der Waals surface area contributed by atoms with Crippen LogP contribution in [0.3, 0.4) is 0 Å². The standard InChI is InChI=1S/C12H15NO.C10H19NO.C10H13NO.C9H17NO.3C8H15NO.C7H13NO2.C6H11NOS.2C6H11NO.C5H11NO/c1-9(14)11-7-10-5-3-4-6-12(10)13(2)8-11;2*1-9(12)8-11(2)10-6-4-3-5-7-10;1-8(11)9(10-2)6-4-3-5-7-9;1-7(10)8-4-3-5-9(2)6-8;1-7(10)8-5-3-4-6-9(8)2;1-7(10)8(9-2)5-3-4-6-8;1-6(9)7-5-10-4-3-8(7)2;1-5(8)6-3-9-4-7(6)2;1-5(8)6-3-7(2)4-6;1-5(8)6-3-4-7(6)2;1-5(7)4-6(2)3/h3-6,11H,7-8H2,1-2H3;10H,3-8H2,1-2H3;3-7H,8H2,1-2H3;10H,3-7H2,1-2H3;2*8H,3-6H2,1-2H3;9H,3-6H2,1-2H3;7H,3-5H2,1-2H3;6H,3-4H2,1-2H3;2*6H,3-4H2,1-2H3;4H2,1-3H3. The Hall–Kier alpha value is -6.01. The van der Waals surface area contributed by atoms with Crippen LogP contribution >= 0.6 is 11.8 Å². The lowest BCUT2D eigenvalue weighted by atomic mass is 9.79. The maximum atomic E-state index is 11.3. The van der Waals surface area contributed by atoms with Crippen LogP contribution in [0.1, 0.15) is 217 Å². The Balaban J connectivity index is 0.000000663. The second-order valence-electron chi connectivity index (χ2n) is 35.6. The molecule has 2 aromatic rings. The first kappa shape index (κ1) is 113. The lowest BCUT2D eigenvalue weighted by Crippen LogP contribution is -2.50. The van der Waals surface area contributed by atoms with Crippen LogP contribution in [-0.4, -0.2) is 338 Å². The van der Waals surface area contributed by atoms with Crippen LogP contribution in [0.4, 0.5) is 11.4 Å². The number of nitrogens with zero attached hydrogens (tertiary/aromatic N) is 10. The van der Waals surface area contributed by atoms with E-state index in [0.717, 1.165) is 128 Å². The molecule has 7 heterocycles. The molecule has 3 saturated carbocycles. The number of piperidine rings is 2. The number of rotatable bonds is 19. The number of hydrogen-bond donors (Lipinski definition) is 2. The molecule has 0 radical (unpaired) electrons. The number of ketones is 12. The predicted octanol–water partition coefficient (Wildman–Crippen LogP) is 11.1. The average molecular weight is 1720 g/mol. The Morgan fingerprint density at radius 1 is 0.421 bits per heavy atom. The fourth-order valence-corrected chi connectivity index (χ4v) is 17.8. The van der Waals surface area contributed by atoms with E-state index in [9.17, 15) is 57.5 Å². The van der Waals surface area contributed by atoms with E-state index in [1.165, 1.54) is 94.7 Å². The van der Waals surface area contributed by atoms with Gasteiger partial charge >= 0.3 is 0 Å². The summed E-state index contributed by atoms with van der Waals surface area (Å²) in [6.07, 6.45) is 24.6. The van der Waals surface area contributed by atoms with Gasteiger partial charge in [0.05, 0.1) is 68.1 Å². The zero-order valence-electron chi connectivity index (χ0n) is 80.0. The van der Waals surface area contributed by atoms with Crippen molar-refractivity contribution in [1.29, 1.82) is 0 Å². The SMILES string of the molecule is CC(=O)C1CCCCN1C.CC(=O)C1CCCN(C)C1.CC(=O)C1CCN1C.CC(=O)C1CN(C)C1.CC(=O)C1COCCN1C.CC(=O)C1CSCN1C.CC(=O)C1Cc2ccccc2N(C)C1.CC(=O)CN(C)C.CC(=O)CN(C)C1CCCCC1.CC(=O)CN(C)c1ccccc1.CNC1(C(C)=O)CCCC1.CNC1(C(C)=O)CCCCC1. The van der Waals surface area contributed by atoms with Gasteiger partial charge in [-0.2, -0.15) is 0 Å². The molecule has 7 aliphatic heterocycles. The first-order chi connectivity index (χ1) is 56.9. The largest absolute Gasteiger partial charge is 0.378 e. The number of likely N-dealkylation sites (tertiary alicyclic amines) is 4. The predicted molar refractivity (Wildman–Crippen MR) is 497 cm³/mol. The number of benzene rings is 2. The van der Waals surface area contributed by atoms with Crippen LogP contribution in [0.2, 0.25) is 0 Å². The van der Waals surface area contributed by atoms with Crippen LogP contribution in [0.5, 0.6) is 0 Å². The van der Waals surface area contributed by atoms with Gasteiger partial charge in [-0.15, -0.1) is 11.8 Å². The molecule has 0 aromatic heterocycles. The fourth-order valence-electron chi connectivity index (χ4n) is 16.5. The van der Waals surface area contributed by atoms with E-state index in [4.69, 9.17) is 4.74 Å². The highest BCUT2D eigenvalue weighted by molar-refractivity contribution is 7.99. The number of fused-ring (bicyclic) bond motifs is 1. The van der Waals surface area contributed by atoms with Crippen molar-refractivity contribution in [2.45, 2.75) is 259 Å². The summed E-state index contributed by atoms with van der Waals surface area (Å²) in [5, 5.41) is 6.29. The summed E-state index contributed by atoms with van der Waals surface area (Å²) >= 11 is 1.82. The molecular weight excluding hydrogens is 1550 g/mol. The van der Waals surface area contributed by atoms with Gasteiger partial charge in [0.25, 0.3) is 0 Å². The smallest absolute Gasteiger partial charge is 0.149 e. The molecule has 3 aliphatic carbocycles. The topological polar surface area (TPSA) is 271 Å². The lowest BCUT2D eigenvalue weighted by Gasteiger charge is -2.35. The number of anilines is 2. The number of Topliss-reactive ketones (excluding diaryl/α,β-unsaturated/α-hetero) is 12. The molecule has 2 N–H and O–H groups in total. The van der Waals surface area contributed by atoms with E-state index in [0.29, 0.717) is 90.4 Å². The van der Waals surface area contributed by atoms with E-state index < -0.39 is 0 Å². The summed E-state index contributed by atoms with van der Waals surface area (Å²) in [6, 6.07) is 19.5. The molecule has 6 atom stereocenters. The molecule has 690 valence electrons. The number of likely N-dealkylation sites (N-methyl/N-ethyl adjacent to an activating group) is 9. The van der Waals surface area contributed by atoms with Gasteiger partial charge in [0.15, 0.2) is 0 Å². The van der Waals surface area contributed by atoms with Gasteiger partial charge in [0.2, 0.25) is 0 Å². The second kappa shape index (κ2) is 61.4. The second-order valence-corrected chi connectivity index (χ2v) is 36.6. The molecule has 0 bridgehead atoms. The summed E-state index contributed by atoms with van der Waals surface area (Å²) < 4.78 is 5.15. The first-order valence-electron chi connectivity index (χ1n) is 44.5. The van der Waals surface area contributed by atoms with Crippen LogP contribution in [0.15, 0.2) is 54.6 Å². The highest BCUT2D eigenvalue weighted by Crippen LogP contribution is 2.32. The van der Waals surface area contributed by atoms with E-state index >= 15 is 0 Å². The molecule has 25 nitrogen and oxygen atoms in total. The van der Waals surface area contributed by atoms with Gasteiger partial charge in [-0.1, -0.05) is 94.2 Å². The highest BCUT2D eigenvalue weighted by atomic mass is 32.2. The Bertz CT molecular complexity index is 3360. The third kappa shape index (κ3) is 45.6. The molecule has 0 spiro atoms. The molecule has 6 unspecified atom stereocenters. The molecule has 0 amide bonds. The summed E-state index contributed by atoms with van der Waals surface area (Å²) in [7, 11) is 25.6. The van der Waals surface area contributed by atoms with Crippen molar-refractivity contribution in [3.05, 3.63) is 60.2 Å². The maximum absolute atomic E-state index is 11.3. The monoisotopic (exact) mass is 1720 g/mol. The number of nitrogens with one attached hydrogen (secondary N) is 2. The van der Waals surface area contributed by atoms with Gasteiger partial charge in [-0.05, 0) is 275 Å². The van der Waals surface area contributed by atoms with Crippen molar-refractivity contribution >= 4 is 92.5 Å². The zero-order valence-corrected chi connectivity index (χ0v) is 80.8. The number of carbonyl (C=O) groups excluding carboxylic acids is 12. The highest BCUT2D eigenvalue weighted by Gasteiger charge is 2.37. The molecule has 9 fully saturated rings. The van der Waals surface area contributed by atoms with Crippen molar-refractivity contribution in [3.63, 3.8) is 0 Å². The number of hydrogen-bond acceptors (Lipinski definition) is 26. The molecule has 121 heavy (non-hydrogen) atoms. The molecule has 26 heteroatoms. The molecule has 6 saturated heterocycles. The van der Waals surface area contributed by atoms with Gasteiger partial charge in [0.1, 0.15) is 69.4 Å². The third-order valence-corrected chi connectivity index (χ3v) is 25.7. The van der Waals surface area contributed by atoms with Gasteiger partial charge in [-0.3, -0.25) is 82.0 Å². The molecular formula is C95H166N12O13S. The first-order valence-corrected chi connectivity index (χ1v) is 45.7. The van der Waals surface area contributed by atoms with Crippen molar-refractivity contribution in [2.75, 3.05) is 198 Å². The third-order valence-electron chi connectivity index (χ3n) is 24.5. The molecule has 10 aliphatic rings. The summed E-state index contributed by atoms with van der Waals surface area (Å²) in [4.78, 5) is 151. The van der Waals surface area contributed by atoms with Crippen molar-refractivity contribution in [3.8, 4) is 0 Å². The van der Waals surface area contributed by atoms with E-state index in [-0.39, 0.29) is 64.3 Å². The maximum Gasteiger partial charge on any atom is 0.149 e. The van der Waals surface area contributed by atoms with Crippen molar-refractivity contribution in [2.24, 2.45) is 17.8 Å². The quantitative estimate of drug-likeness (QED) is 0.132. The van der Waals surface area contributed by atoms with Crippen molar-refractivity contribution in [1.82, 2.24) is 49.8 Å². The molecule has 2 aromatic carbocycles. The minimum absolute atomic E-state index is 0.00579. The number of ether oxygens (including phenoxy) is 1. The Morgan fingerprint density at radius 3 is 1.21 bits per heavy atom. The average Bonchev–Trinajstić information content (AvgIpc) is 1.51. The minimum atomic E-state index is -0.168. The van der Waals surface area contributed by atoms with E-state index in [1.807, 2.05) is 146 Å². The van der Waals surface area contributed by atoms with Crippen LogP contribution in [-0.2, 0) is 68.7 Å². The van der Waals surface area contributed by atoms with Gasteiger partial charge in [0, 0.05) is 100 Å². The van der Waals surface area contributed by atoms with Crippen LogP contribution in [0.25, 0.3) is 0 Å². The number of carbonyl (C=O) groups is 12. The Labute approximate surface area is 736 Å². The normalized spacial score (nSPS) is 22.5. The molecule has 12 rings (SSSR count). The fraction of sp³-hybridized carbons (Fsp3) is 0.747. The number of para-hydroxylation sites is 2. The summed E-state index contributed by atoms with van der Waals surface area (Å²) in [5.41, 5.74) is 3.32. The van der Waals surface area contributed by atoms with Crippen LogP contribution in [0, 0.1) is 17.8 Å². The summed E-state index contributed by atoms with van der Waals surface area (Å²) in [6.45, 7) is 30.8. The minimum Gasteiger partial charge on any atom is -0.378 e. The van der Waals surface area contributed by atoms with Crippen molar-refractivity contribution < 1.29 is 62.3 Å². The Kier molecular flexibility index (Phi) is 57.3. The summed E-state index contributed by atoms with van der Waals surface area (Å²) in [5.74, 6) is 6.21. The lowest BCUT2D eigenvalue weighted by molar-refractivity contribution is -0.127. The van der Waals surface area contributed by atoms with Crippen LogP contribution < -0.4 is 20.4 Å². The van der Waals surface area contributed by atoms with Gasteiger partial charge < -0.3 is 39.9 Å².